The first-order valence-corrected chi connectivity index (χ1v) is 8.65. The second-order valence-corrected chi connectivity index (χ2v) is 6.28. The molecule has 4 heteroatoms. The molecule has 0 aromatic rings. The average molecular weight is 309 g/mol. The van der Waals surface area contributed by atoms with Crippen LogP contribution in [0.4, 0.5) is 0 Å². The molecule has 0 unspecified atom stereocenters. The van der Waals surface area contributed by atoms with Crippen molar-refractivity contribution in [2.24, 2.45) is 5.92 Å². The highest BCUT2D eigenvalue weighted by Gasteiger charge is 2.24. The van der Waals surface area contributed by atoms with E-state index in [1.807, 2.05) is 6.08 Å². The molecule has 1 fully saturated rings. The number of rotatable bonds is 11. The van der Waals surface area contributed by atoms with E-state index in [-0.39, 0.29) is 11.9 Å². The Balaban J connectivity index is 2.28. The number of unbranched alkanes of at least 4 members (excludes halogenated alkanes) is 4. The van der Waals surface area contributed by atoms with Crippen molar-refractivity contribution in [2.45, 2.75) is 76.7 Å². The first-order chi connectivity index (χ1) is 10.7. The number of allylic oxidation sites excluding steroid dienone is 1. The van der Waals surface area contributed by atoms with Crippen molar-refractivity contribution >= 4 is 11.9 Å². The van der Waals surface area contributed by atoms with Gasteiger partial charge in [0.1, 0.15) is 6.04 Å². The van der Waals surface area contributed by atoms with E-state index in [1.165, 1.54) is 20.0 Å². The molecule has 0 heterocycles. The van der Waals surface area contributed by atoms with E-state index in [9.17, 15) is 9.59 Å². The number of ether oxygens (including phenoxy) is 1. The minimum Gasteiger partial charge on any atom is -0.467 e. The van der Waals surface area contributed by atoms with Gasteiger partial charge in [0.05, 0.1) is 7.11 Å². The zero-order chi connectivity index (χ0) is 16.2. The zero-order valence-electron chi connectivity index (χ0n) is 13.9. The van der Waals surface area contributed by atoms with E-state index in [1.54, 1.807) is 0 Å². The summed E-state index contributed by atoms with van der Waals surface area (Å²) < 4.78 is 4.81. The minimum absolute atomic E-state index is 0.00560. The number of amides is 1. The number of methoxy groups -OCH3 is 1. The topological polar surface area (TPSA) is 55.4 Å². The van der Waals surface area contributed by atoms with Crippen molar-refractivity contribution in [2.75, 3.05) is 7.11 Å². The lowest BCUT2D eigenvalue weighted by Gasteiger charge is -2.17. The van der Waals surface area contributed by atoms with Crippen LogP contribution in [0.1, 0.15) is 70.6 Å². The van der Waals surface area contributed by atoms with Crippen LogP contribution in [0.15, 0.2) is 12.7 Å². The summed E-state index contributed by atoms with van der Waals surface area (Å²) in [4.78, 5) is 23.9. The standard InChI is InChI=1S/C18H31NO3/c1-3-4-5-6-7-8-13-16(18(21)22-2)19-17(20)14-15-11-9-10-12-15/h3,15-16H,1,4-14H2,2H3,(H,19,20)/t16-/m1/s1. The Morgan fingerprint density at radius 3 is 2.55 bits per heavy atom. The summed E-state index contributed by atoms with van der Waals surface area (Å²) in [6.07, 6.45) is 13.2. The van der Waals surface area contributed by atoms with Gasteiger partial charge in [0, 0.05) is 6.42 Å². The van der Waals surface area contributed by atoms with Gasteiger partial charge in [-0.1, -0.05) is 38.2 Å². The van der Waals surface area contributed by atoms with Gasteiger partial charge in [0.2, 0.25) is 5.91 Å². The van der Waals surface area contributed by atoms with Crippen LogP contribution in [0, 0.1) is 5.92 Å². The first-order valence-electron chi connectivity index (χ1n) is 8.65. The normalized spacial score (nSPS) is 16.2. The Hall–Kier alpha value is -1.32. The van der Waals surface area contributed by atoms with Crippen molar-refractivity contribution in [3.63, 3.8) is 0 Å². The van der Waals surface area contributed by atoms with Gasteiger partial charge in [-0.05, 0) is 38.0 Å². The highest BCUT2D eigenvalue weighted by Crippen LogP contribution is 2.27. The summed E-state index contributed by atoms with van der Waals surface area (Å²) in [5.74, 6) is 0.164. The van der Waals surface area contributed by atoms with Gasteiger partial charge in [-0.2, -0.15) is 0 Å². The van der Waals surface area contributed by atoms with E-state index < -0.39 is 6.04 Å². The number of hydrogen-bond donors (Lipinski definition) is 1. The van der Waals surface area contributed by atoms with Gasteiger partial charge >= 0.3 is 5.97 Å². The van der Waals surface area contributed by atoms with E-state index in [4.69, 9.17) is 4.74 Å². The van der Waals surface area contributed by atoms with Crippen molar-refractivity contribution < 1.29 is 14.3 Å². The molecule has 0 radical (unpaired) electrons. The van der Waals surface area contributed by atoms with Crippen LogP contribution in [-0.2, 0) is 14.3 Å². The molecule has 4 nitrogen and oxygen atoms in total. The summed E-state index contributed by atoms with van der Waals surface area (Å²) in [7, 11) is 1.38. The van der Waals surface area contributed by atoms with Crippen LogP contribution < -0.4 is 5.32 Å². The van der Waals surface area contributed by atoms with E-state index >= 15 is 0 Å². The molecule has 1 amide bonds. The SMILES string of the molecule is C=CCCCCCC[C@@H](NC(=O)CC1CCCC1)C(=O)OC. The Morgan fingerprint density at radius 2 is 1.91 bits per heavy atom. The van der Waals surface area contributed by atoms with Crippen LogP contribution in [0.25, 0.3) is 0 Å². The number of esters is 1. The van der Waals surface area contributed by atoms with Gasteiger partial charge in [-0.15, -0.1) is 6.58 Å². The number of carbonyl (C=O) groups is 2. The summed E-state index contributed by atoms with van der Waals surface area (Å²) in [6.45, 7) is 3.71. The highest BCUT2D eigenvalue weighted by molar-refractivity contribution is 5.84. The second-order valence-electron chi connectivity index (χ2n) is 6.28. The van der Waals surface area contributed by atoms with Crippen molar-refractivity contribution in [3.05, 3.63) is 12.7 Å². The van der Waals surface area contributed by atoms with Gasteiger partial charge in [0.15, 0.2) is 0 Å². The molecule has 0 aromatic carbocycles. The third-order valence-electron chi connectivity index (χ3n) is 4.42. The number of nitrogens with one attached hydrogen (secondary N) is 1. The fraction of sp³-hybridized carbons (Fsp3) is 0.778. The van der Waals surface area contributed by atoms with Crippen molar-refractivity contribution in [1.29, 1.82) is 0 Å². The van der Waals surface area contributed by atoms with Gasteiger partial charge < -0.3 is 10.1 Å². The average Bonchev–Trinajstić information content (AvgIpc) is 3.01. The van der Waals surface area contributed by atoms with Crippen LogP contribution in [0.5, 0.6) is 0 Å². The van der Waals surface area contributed by atoms with Crippen molar-refractivity contribution in [3.8, 4) is 0 Å². The highest BCUT2D eigenvalue weighted by atomic mass is 16.5. The Kier molecular flexibility index (Phi) is 9.60. The predicted molar refractivity (Wildman–Crippen MR) is 88.4 cm³/mol. The molecule has 0 aromatic heterocycles. The number of hydrogen-bond acceptors (Lipinski definition) is 3. The Morgan fingerprint density at radius 1 is 1.23 bits per heavy atom. The van der Waals surface area contributed by atoms with Crippen molar-refractivity contribution in [1.82, 2.24) is 5.32 Å². The van der Waals surface area contributed by atoms with Crippen LogP contribution in [-0.4, -0.2) is 25.0 Å². The Labute approximate surface area is 134 Å². The van der Waals surface area contributed by atoms with E-state index in [0.717, 1.165) is 44.9 Å². The molecule has 0 bridgehead atoms. The van der Waals surface area contributed by atoms with Gasteiger partial charge in [-0.25, -0.2) is 4.79 Å². The summed E-state index contributed by atoms with van der Waals surface area (Å²) in [6, 6.07) is -0.488. The minimum atomic E-state index is -0.488. The first kappa shape index (κ1) is 18.7. The molecule has 1 aliphatic carbocycles. The van der Waals surface area contributed by atoms with Crippen LogP contribution in [0.3, 0.4) is 0 Å². The van der Waals surface area contributed by atoms with Crippen LogP contribution in [0.2, 0.25) is 0 Å². The molecule has 126 valence electrons. The van der Waals surface area contributed by atoms with Gasteiger partial charge in [-0.3, -0.25) is 4.79 Å². The molecule has 1 saturated carbocycles. The maximum atomic E-state index is 12.1. The zero-order valence-corrected chi connectivity index (χ0v) is 13.9. The summed E-state index contributed by atoms with van der Waals surface area (Å²) in [5, 5.41) is 2.87. The monoisotopic (exact) mass is 309 g/mol. The summed E-state index contributed by atoms with van der Waals surface area (Å²) in [5.41, 5.74) is 0. The fourth-order valence-electron chi connectivity index (χ4n) is 3.11. The maximum absolute atomic E-state index is 12.1. The molecule has 1 atom stereocenters. The molecular weight excluding hydrogens is 278 g/mol. The maximum Gasteiger partial charge on any atom is 0.328 e. The third kappa shape index (κ3) is 7.62. The largest absolute Gasteiger partial charge is 0.467 e. The fourth-order valence-corrected chi connectivity index (χ4v) is 3.11. The lowest BCUT2D eigenvalue weighted by Crippen LogP contribution is -2.42. The summed E-state index contributed by atoms with van der Waals surface area (Å²) >= 11 is 0. The van der Waals surface area contributed by atoms with Gasteiger partial charge in [0.25, 0.3) is 0 Å². The third-order valence-corrected chi connectivity index (χ3v) is 4.42. The molecule has 22 heavy (non-hydrogen) atoms. The lowest BCUT2D eigenvalue weighted by atomic mass is 10.0. The lowest BCUT2D eigenvalue weighted by molar-refractivity contribution is -0.145. The second kappa shape index (κ2) is 11.3. The quantitative estimate of drug-likeness (QED) is 0.359. The molecule has 1 aliphatic rings. The Bertz CT molecular complexity index is 348. The van der Waals surface area contributed by atoms with Crippen LogP contribution >= 0.6 is 0 Å². The molecule has 1 N–H and O–H groups in total. The molecule has 0 saturated heterocycles. The molecule has 0 aliphatic heterocycles. The number of carbonyl (C=O) groups excluding carboxylic acids is 2. The predicted octanol–water partition coefficient (Wildman–Crippen LogP) is 3.75. The smallest absolute Gasteiger partial charge is 0.328 e. The molecular formula is C18H31NO3. The molecule has 1 rings (SSSR count). The van der Waals surface area contributed by atoms with E-state index in [2.05, 4.69) is 11.9 Å². The molecule has 0 spiro atoms. The van der Waals surface area contributed by atoms with E-state index in [0.29, 0.717) is 18.8 Å².